The zero-order valence-corrected chi connectivity index (χ0v) is 17.0. The number of carbonyl (C=O) groups excluding carboxylic acids is 2. The van der Waals surface area contributed by atoms with Crippen LogP contribution in [0.2, 0.25) is 0 Å². The summed E-state index contributed by atoms with van der Waals surface area (Å²) in [7, 11) is 0. The lowest BCUT2D eigenvalue weighted by Gasteiger charge is -2.12. The van der Waals surface area contributed by atoms with Gasteiger partial charge in [-0.2, -0.15) is 18.3 Å². The fraction of sp³-hybridized carbons (Fsp3) is 0.0870. The number of hydrazone groups is 1. The van der Waals surface area contributed by atoms with Crippen LogP contribution in [0.15, 0.2) is 77.6 Å². The predicted molar refractivity (Wildman–Crippen MR) is 115 cm³/mol. The minimum absolute atomic E-state index is 0.0666. The van der Waals surface area contributed by atoms with Gasteiger partial charge in [0.2, 0.25) is 5.91 Å². The molecule has 0 atom stereocenters. The van der Waals surface area contributed by atoms with Crippen LogP contribution in [0.5, 0.6) is 5.75 Å². The van der Waals surface area contributed by atoms with E-state index in [0.29, 0.717) is 23.0 Å². The number of alkyl halides is 3. The van der Waals surface area contributed by atoms with Crippen molar-refractivity contribution in [1.82, 2.24) is 5.43 Å². The lowest BCUT2D eigenvalue weighted by Crippen LogP contribution is -2.21. The average molecular weight is 457 g/mol. The largest absolute Gasteiger partial charge is 0.503 e. The van der Waals surface area contributed by atoms with Crippen molar-refractivity contribution in [2.24, 2.45) is 10.8 Å². The number of nitrogens with zero attached hydrogens (tertiary/aromatic N) is 1. The molecule has 0 unspecified atom stereocenters. The van der Waals surface area contributed by atoms with Crippen molar-refractivity contribution in [2.45, 2.75) is 12.8 Å². The van der Waals surface area contributed by atoms with Gasteiger partial charge in [0.05, 0.1) is 17.9 Å². The molecule has 3 aromatic rings. The number of rotatable bonds is 7. The zero-order valence-electron chi connectivity index (χ0n) is 17.0. The quantitative estimate of drug-likeness (QED) is 0.217. The third-order valence-corrected chi connectivity index (χ3v) is 4.47. The summed E-state index contributed by atoms with van der Waals surface area (Å²) in [5.41, 5.74) is 7.39. The Hall–Kier alpha value is -4.34. The minimum atomic E-state index is -4.40. The molecule has 0 aromatic heterocycles. The molecule has 0 heterocycles. The van der Waals surface area contributed by atoms with Gasteiger partial charge in [0.1, 0.15) is 12.4 Å². The summed E-state index contributed by atoms with van der Waals surface area (Å²) >= 11 is 0. The highest BCUT2D eigenvalue weighted by Crippen LogP contribution is 2.30. The number of halogens is 3. The first kappa shape index (κ1) is 23.3. The van der Waals surface area contributed by atoms with Gasteiger partial charge in [-0.3, -0.25) is 9.59 Å². The van der Waals surface area contributed by atoms with E-state index >= 15 is 0 Å². The Bertz CT molecular complexity index is 1240. The molecule has 0 aliphatic heterocycles. The van der Waals surface area contributed by atoms with Gasteiger partial charge >= 0.3 is 12.1 Å². The molecule has 33 heavy (non-hydrogen) atoms. The molecule has 170 valence electrons. The van der Waals surface area contributed by atoms with E-state index < -0.39 is 29.3 Å². The van der Waals surface area contributed by atoms with Crippen molar-refractivity contribution in [3.05, 3.63) is 89.2 Å². The highest BCUT2D eigenvalue weighted by atomic mass is 19.4. The molecule has 0 spiro atoms. The maximum absolute atomic E-state index is 12.7. The number of aliphatic hydroxyl groups is 1. The van der Waals surface area contributed by atoms with Gasteiger partial charge in [0.25, 0.3) is 0 Å². The molecule has 0 radical (unpaired) electrons. The summed E-state index contributed by atoms with van der Waals surface area (Å²) in [6.45, 7) is 0.0666. The number of ether oxygens (including phenoxy) is 1. The van der Waals surface area contributed by atoms with Gasteiger partial charge in [-0.25, -0.2) is 5.43 Å². The molecular formula is C23H18F3N3O4. The number of carbonyl (C=O) groups is 2. The molecule has 0 saturated heterocycles. The summed E-state index contributed by atoms with van der Waals surface area (Å²) in [5.74, 6) is -2.36. The Labute approximate surface area is 186 Å². The van der Waals surface area contributed by atoms with Crippen molar-refractivity contribution in [3.8, 4) is 5.75 Å². The van der Waals surface area contributed by atoms with Crippen LogP contribution >= 0.6 is 0 Å². The number of amides is 2. The molecule has 0 bridgehead atoms. The molecule has 0 aliphatic carbocycles. The monoisotopic (exact) mass is 457 g/mol. The number of benzene rings is 3. The van der Waals surface area contributed by atoms with Crippen LogP contribution < -0.4 is 15.9 Å². The molecule has 7 nitrogen and oxygen atoms in total. The van der Waals surface area contributed by atoms with Crippen LogP contribution in [0.25, 0.3) is 10.8 Å². The summed E-state index contributed by atoms with van der Waals surface area (Å²) in [4.78, 5) is 22.3. The number of nitrogens with one attached hydrogen (secondary N) is 1. The number of nitrogens with two attached hydrogens (primary N) is 1. The SMILES string of the molecule is NC(=O)/C=C(\O)C(=O)N/N=C/c1ccc(OCc2ccc(C(F)(F)F)cc2)c2ccccc12. The van der Waals surface area contributed by atoms with Crippen molar-refractivity contribution in [3.63, 3.8) is 0 Å². The highest BCUT2D eigenvalue weighted by molar-refractivity contribution is 6.03. The number of hydrogen-bond donors (Lipinski definition) is 3. The Morgan fingerprint density at radius 3 is 2.33 bits per heavy atom. The zero-order chi connectivity index (χ0) is 24.0. The molecule has 4 N–H and O–H groups in total. The number of fused-ring (bicyclic) bond motifs is 1. The van der Waals surface area contributed by atoms with Gasteiger partial charge in [-0.05, 0) is 35.2 Å². The fourth-order valence-corrected chi connectivity index (χ4v) is 2.90. The van der Waals surface area contributed by atoms with E-state index in [9.17, 15) is 27.9 Å². The molecule has 0 saturated carbocycles. The van der Waals surface area contributed by atoms with E-state index in [-0.39, 0.29) is 6.61 Å². The van der Waals surface area contributed by atoms with Crippen LogP contribution in [0, 0.1) is 0 Å². The van der Waals surface area contributed by atoms with Gasteiger partial charge in [-0.15, -0.1) is 0 Å². The summed E-state index contributed by atoms with van der Waals surface area (Å²) in [5, 5.41) is 14.6. The summed E-state index contributed by atoms with van der Waals surface area (Å²) in [6, 6.07) is 15.2. The molecule has 0 fully saturated rings. The van der Waals surface area contributed by atoms with Crippen LogP contribution in [0.1, 0.15) is 16.7 Å². The average Bonchev–Trinajstić information content (AvgIpc) is 2.77. The van der Waals surface area contributed by atoms with Gasteiger partial charge in [-0.1, -0.05) is 36.4 Å². The van der Waals surface area contributed by atoms with E-state index in [2.05, 4.69) is 10.5 Å². The lowest BCUT2D eigenvalue weighted by atomic mass is 10.0. The van der Waals surface area contributed by atoms with E-state index in [4.69, 9.17) is 10.5 Å². The van der Waals surface area contributed by atoms with E-state index in [0.717, 1.165) is 22.9 Å². The van der Waals surface area contributed by atoms with Crippen molar-refractivity contribution in [1.29, 1.82) is 0 Å². The van der Waals surface area contributed by atoms with Crippen LogP contribution in [-0.2, 0) is 22.4 Å². The van der Waals surface area contributed by atoms with Crippen LogP contribution in [0.3, 0.4) is 0 Å². The first-order valence-corrected chi connectivity index (χ1v) is 9.49. The molecular weight excluding hydrogens is 439 g/mol. The molecule has 10 heteroatoms. The lowest BCUT2D eigenvalue weighted by molar-refractivity contribution is -0.137. The number of primary amides is 1. The van der Waals surface area contributed by atoms with Crippen LogP contribution in [0.4, 0.5) is 13.2 Å². The Kier molecular flexibility index (Phi) is 6.97. The molecule has 3 aromatic carbocycles. The normalized spacial score (nSPS) is 12.2. The molecule has 0 aliphatic rings. The Morgan fingerprint density at radius 2 is 1.70 bits per heavy atom. The van der Waals surface area contributed by atoms with E-state index in [1.165, 1.54) is 18.3 Å². The summed E-state index contributed by atoms with van der Waals surface area (Å²) < 4.78 is 43.9. The number of hydrogen-bond acceptors (Lipinski definition) is 5. The van der Waals surface area contributed by atoms with Gasteiger partial charge < -0.3 is 15.6 Å². The Balaban J connectivity index is 1.75. The second-order valence-electron chi connectivity index (χ2n) is 6.81. The topological polar surface area (TPSA) is 114 Å². The molecule has 3 rings (SSSR count). The van der Waals surface area contributed by atoms with Crippen molar-refractivity contribution < 1.29 is 32.6 Å². The van der Waals surface area contributed by atoms with Gasteiger partial charge in [0, 0.05) is 10.9 Å². The Morgan fingerprint density at radius 1 is 1.03 bits per heavy atom. The molecule has 2 amide bonds. The number of aliphatic hydroxyl groups excluding tert-OH is 1. The first-order chi connectivity index (χ1) is 15.6. The first-order valence-electron chi connectivity index (χ1n) is 9.49. The minimum Gasteiger partial charge on any atom is -0.503 e. The van der Waals surface area contributed by atoms with E-state index in [1.54, 1.807) is 36.4 Å². The van der Waals surface area contributed by atoms with Crippen molar-refractivity contribution >= 4 is 28.8 Å². The second kappa shape index (κ2) is 9.86. The maximum Gasteiger partial charge on any atom is 0.416 e. The summed E-state index contributed by atoms with van der Waals surface area (Å²) in [6.07, 6.45) is -2.50. The predicted octanol–water partition coefficient (Wildman–Crippen LogP) is 3.81. The van der Waals surface area contributed by atoms with Crippen LogP contribution in [-0.4, -0.2) is 23.1 Å². The standard InChI is InChI=1S/C23H18F3N3O4/c24-23(25,26)16-8-5-14(6-9-16)13-33-20-10-7-15(17-3-1-2-4-18(17)20)12-28-29-22(32)19(30)11-21(27)31/h1-12,30H,13H2,(H2,27,31)(H,29,32)/b19-11-,28-12+. The van der Waals surface area contributed by atoms with E-state index in [1.807, 2.05) is 0 Å². The third kappa shape index (κ3) is 6.10. The van der Waals surface area contributed by atoms with Crippen molar-refractivity contribution in [2.75, 3.05) is 0 Å². The second-order valence-corrected chi connectivity index (χ2v) is 6.81. The maximum atomic E-state index is 12.7. The third-order valence-electron chi connectivity index (χ3n) is 4.47. The fourth-order valence-electron chi connectivity index (χ4n) is 2.90. The smallest absolute Gasteiger partial charge is 0.416 e. The van der Waals surface area contributed by atoms with Gasteiger partial charge in [0.15, 0.2) is 5.76 Å². The highest BCUT2D eigenvalue weighted by Gasteiger charge is 2.29.